The van der Waals surface area contributed by atoms with Crippen molar-refractivity contribution in [2.45, 2.75) is 19.8 Å². The zero-order chi connectivity index (χ0) is 17.8. The molecule has 0 aliphatic carbocycles. The molecule has 2 amide bonds. The number of hydrogen-bond donors (Lipinski definition) is 1. The van der Waals surface area contributed by atoms with Gasteiger partial charge in [0.05, 0.1) is 7.11 Å². The fourth-order valence-electron chi connectivity index (χ4n) is 2.94. The Morgan fingerprint density at radius 1 is 1.28 bits per heavy atom. The van der Waals surface area contributed by atoms with E-state index in [1.165, 1.54) is 0 Å². The lowest BCUT2D eigenvalue weighted by Gasteiger charge is -2.31. The summed E-state index contributed by atoms with van der Waals surface area (Å²) in [4.78, 5) is 26.7. The number of carbonyl (C=O) groups excluding carboxylic acids is 2. The molecule has 1 aromatic carbocycles. The topological polar surface area (TPSA) is 84.7 Å². The summed E-state index contributed by atoms with van der Waals surface area (Å²) in [5.41, 5.74) is 0.598. The molecule has 2 aromatic rings. The van der Waals surface area contributed by atoms with E-state index >= 15 is 0 Å². The molecule has 25 heavy (non-hydrogen) atoms. The third-order valence-corrected chi connectivity index (χ3v) is 4.35. The van der Waals surface area contributed by atoms with Crippen LogP contribution in [0.25, 0.3) is 0 Å². The summed E-state index contributed by atoms with van der Waals surface area (Å²) in [5.74, 6) is 1.48. The van der Waals surface area contributed by atoms with Crippen LogP contribution in [0.4, 0.5) is 5.82 Å². The number of rotatable bonds is 4. The van der Waals surface area contributed by atoms with Crippen LogP contribution in [0.2, 0.25) is 0 Å². The molecule has 1 fully saturated rings. The van der Waals surface area contributed by atoms with Gasteiger partial charge in [-0.15, -0.1) is 0 Å². The van der Waals surface area contributed by atoms with Crippen LogP contribution in [0.15, 0.2) is 34.9 Å². The fraction of sp³-hybridized carbons (Fsp3) is 0.389. The van der Waals surface area contributed by atoms with Crippen molar-refractivity contribution >= 4 is 17.6 Å². The largest absolute Gasteiger partial charge is 0.497 e. The number of nitrogens with zero attached hydrogens (tertiary/aromatic N) is 2. The molecule has 0 atom stereocenters. The maximum Gasteiger partial charge on any atom is 0.253 e. The second kappa shape index (κ2) is 7.38. The number of methoxy groups -OCH3 is 1. The van der Waals surface area contributed by atoms with Crippen LogP contribution >= 0.6 is 0 Å². The minimum Gasteiger partial charge on any atom is -0.497 e. The molecule has 0 bridgehead atoms. The average molecular weight is 343 g/mol. The van der Waals surface area contributed by atoms with Gasteiger partial charge in [0.1, 0.15) is 11.5 Å². The van der Waals surface area contributed by atoms with Crippen molar-refractivity contribution in [1.29, 1.82) is 0 Å². The lowest BCUT2D eigenvalue weighted by atomic mass is 9.95. The first-order valence-corrected chi connectivity index (χ1v) is 8.24. The maximum absolute atomic E-state index is 12.6. The van der Waals surface area contributed by atoms with E-state index in [9.17, 15) is 9.59 Å². The Morgan fingerprint density at radius 3 is 2.68 bits per heavy atom. The summed E-state index contributed by atoms with van der Waals surface area (Å²) < 4.78 is 10.1. The number of aryl methyl sites for hydroxylation is 1. The highest BCUT2D eigenvalue weighted by molar-refractivity contribution is 5.95. The number of benzene rings is 1. The molecule has 0 radical (unpaired) electrons. The predicted octanol–water partition coefficient (Wildman–Crippen LogP) is 2.48. The number of nitrogens with one attached hydrogen (secondary N) is 1. The summed E-state index contributed by atoms with van der Waals surface area (Å²) >= 11 is 0. The lowest BCUT2D eigenvalue weighted by molar-refractivity contribution is -0.121. The monoisotopic (exact) mass is 343 g/mol. The van der Waals surface area contributed by atoms with Crippen molar-refractivity contribution in [3.8, 4) is 5.75 Å². The molecule has 0 spiro atoms. The van der Waals surface area contributed by atoms with Crippen molar-refractivity contribution < 1.29 is 18.8 Å². The number of aromatic nitrogens is 1. The number of ether oxygens (including phenoxy) is 1. The Balaban J connectivity index is 1.55. The SMILES string of the molecule is COc1cccc(C(=O)N2CCC(C(=O)Nc3cc(C)on3)CC2)c1. The summed E-state index contributed by atoms with van der Waals surface area (Å²) in [6, 6.07) is 8.79. The zero-order valence-corrected chi connectivity index (χ0v) is 14.3. The van der Waals surface area contributed by atoms with Gasteiger partial charge in [0, 0.05) is 30.6 Å². The Labute approximate surface area is 145 Å². The van der Waals surface area contributed by atoms with Gasteiger partial charge in [-0.1, -0.05) is 11.2 Å². The smallest absolute Gasteiger partial charge is 0.253 e. The van der Waals surface area contributed by atoms with Gasteiger partial charge in [0.2, 0.25) is 5.91 Å². The number of carbonyl (C=O) groups is 2. The van der Waals surface area contributed by atoms with E-state index in [4.69, 9.17) is 9.26 Å². The van der Waals surface area contributed by atoms with Gasteiger partial charge >= 0.3 is 0 Å². The minimum atomic E-state index is -0.133. The first-order chi connectivity index (χ1) is 12.1. The average Bonchev–Trinajstić information content (AvgIpc) is 3.06. The van der Waals surface area contributed by atoms with Gasteiger partial charge in [-0.2, -0.15) is 0 Å². The van der Waals surface area contributed by atoms with Crippen LogP contribution in [-0.4, -0.2) is 42.1 Å². The van der Waals surface area contributed by atoms with Gasteiger partial charge in [-0.3, -0.25) is 9.59 Å². The molecule has 1 aromatic heterocycles. The molecule has 1 saturated heterocycles. The molecule has 1 N–H and O–H groups in total. The number of hydrogen-bond acceptors (Lipinski definition) is 5. The molecular weight excluding hydrogens is 322 g/mol. The third kappa shape index (κ3) is 3.99. The second-order valence-electron chi connectivity index (χ2n) is 6.11. The molecule has 0 unspecified atom stereocenters. The molecule has 1 aliphatic rings. The zero-order valence-electron chi connectivity index (χ0n) is 14.3. The van der Waals surface area contributed by atoms with Gasteiger partial charge < -0.3 is 19.5 Å². The first kappa shape index (κ1) is 17.0. The Morgan fingerprint density at radius 2 is 2.04 bits per heavy atom. The van der Waals surface area contributed by atoms with Gasteiger partial charge in [-0.25, -0.2) is 0 Å². The highest BCUT2D eigenvalue weighted by atomic mass is 16.5. The summed E-state index contributed by atoms with van der Waals surface area (Å²) in [5, 5.41) is 6.53. The minimum absolute atomic E-state index is 0.0371. The predicted molar refractivity (Wildman–Crippen MR) is 91.5 cm³/mol. The molecule has 7 nitrogen and oxygen atoms in total. The normalized spacial score (nSPS) is 15.0. The van der Waals surface area contributed by atoms with E-state index in [2.05, 4.69) is 10.5 Å². The highest BCUT2D eigenvalue weighted by Crippen LogP contribution is 2.22. The van der Waals surface area contributed by atoms with Crippen molar-refractivity contribution in [2.24, 2.45) is 5.92 Å². The van der Waals surface area contributed by atoms with Crippen molar-refractivity contribution in [3.05, 3.63) is 41.7 Å². The van der Waals surface area contributed by atoms with E-state index in [-0.39, 0.29) is 17.7 Å². The van der Waals surface area contributed by atoms with Crippen molar-refractivity contribution in [3.63, 3.8) is 0 Å². The molecule has 132 valence electrons. The molecule has 1 aliphatic heterocycles. The lowest BCUT2D eigenvalue weighted by Crippen LogP contribution is -2.41. The number of likely N-dealkylation sites (tertiary alicyclic amines) is 1. The highest BCUT2D eigenvalue weighted by Gasteiger charge is 2.28. The Hall–Kier alpha value is -2.83. The van der Waals surface area contributed by atoms with E-state index in [1.54, 1.807) is 49.3 Å². The fourth-order valence-corrected chi connectivity index (χ4v) is 2.94. The third-order valence-electron chi connectivity index (χ3n) is 4.35. The van der Waals surface area contributed by atoms with E-state index < -0.39 is 0 Å². The van der Waals surface area contributed by atoms with Gasteiger partial charge in [0.25, 0.3) is 5.91 Å². The Kier molecular flexibility index (Phi) is 5.02. The van der Waals surface area contributed by atoms with Crippen LogP contribution in [0.5, 0.6) is 5.75 Å². The molecule has 0 saturated carbocycles. The summed E-state index contributed by atoms with van der Waals surface area (Å²) in [6.07, 6.45) is 1.25. The van der Waals surface area contributed by atoms with E-state index in [0.29, 0.717) is 48.8 Å². The van der Waals surface area contributed by atoms with Gasteiger partial charge in [-0.05, 0) is 38.0 Å². The first-order valence-electron chi connectivity index (χ1n) is 8.24. The van der Waals surface area contributed by atoms with Crippen LogP contribution in [-0.2, 0) is 4.79 Å². The molecular formula is C18H21N3O4. The van der Waals surface area contributed by atoms with Crippen molar-refractivity contribution in [2.75, 3.05) is 25.5 Å². The maximum atomic E-state index is 12.6. The van der Waals surface area contributed by atoms with Gasteiger partial charge in [0.15, 0.2) is 5.82 Å². The quantitative estimate of drug-likeness (QED) is 0.922. The standard InChI is InChI=1S/C18H21N3O4/c1-12-10-16(20-25-12)19-17(22)13-6-8-21(9-7-13)18(23)14-4-3-5-15(11-14)24-2/h3-5,10-11,13H,6-9H2,1-2H3,(H,19,20,22). The number of amides is 2. The molecule has 7 heteroatoms. The van der Waals surface area contributed by atoms with Crippen LogP contribution in [0, 0.1) is 12.8 Å². The Bertz CT molecular complexity index is 763. The van der Waals surface area contributed by atoms with Crippen LogP contribution in [0.3, 0.4) is 0 Å². The van der Waals surface area contributed by atoms with Crippen LogP contribution in [0.1, 0.15) is 29.0 Å². The van der Waals surface area contributed by atoms with E-state index in [0.717, 1.165) is 0 Å². The molecule has 2 heterocycles. The summed E-state index contributed by atoms with van der Waals surface area (Å²) in [7, 11) is 1.57. The van der Waals surface area contributed by atoms with Crippen LogP contribution < -0.4 is 10.1 Å². The molecule has 3 rings (SSSR count). The summed E-state index contributed by atoms with van der Waals surface area (Å²) in [6.45, 7) is 2.86. The van der Waals surface area contributed by atoms with E-state index in [1.807, 2.05) is 0 Å². The van der Waals surface area contributed by atoms with Crippen molar-refractivity contribution in [1.82, 2.24) is 10.1 Å². The second-order valence-corrected chi connectivity index (χ2v) is 6.11. The number of piperidine rings is 1. The number of anilines is 1.